The molecule has 0 saturated heterocycles. The van der Waals surface area contributed by atoms with Crippen LogP contribution in [0.25, 0.3) is 0 Å². The van der Waals surface area contributed by atoms with Crippen molar-refractivity contribution in [1.82, 2.24) is 5.32 Å². The minimum absolute atomic E-state index is 0.0590. The van der Waals surface area contributed by atoms with Gasteiger partial charge in [0.1, 0.15) is 5.82 Å². The van der Waals surface area contributed by atoms with E-state index in [9.17, 15) is 9.18 Å². The van der Waals surface area contributed by atoms with Crippen LogP contribution in [0.2, 0.25) is 0 Å². The molecule has 0 atom stereocenters. The fourth-order valence-corrected chi connectivity index (χ4v) is 1.36. The molecule has 0 fully saturated rings. The van der Waals surface area contributed by atoms with E-state index in [-0.39, 0.29) is 18.0 Å². The summed E-state index contributed by atoms with van der Waals surface area (Å²) in [4.78, 5) is 11.9. The lowest BCUT2D eigenvalue weighted by Gasteiger charge is -2.22. The van der Waals surface area contributed by atoms with Gasteiger partial charge in [0.15, 0.2) is 5.78 Å². The average molecular weight is 223 g/mol. The van der Waals surface area contributed by atoms with Crippen LogP contribution in [0.1, 0.15) is 25.0 Å². The van der Waals surface area contributed by atoms with Gasteiger partial charge >= 0.3 is 0 Å². The normalized spacial score (nSPS) is 11.6. The van der Waals surface area contributed by atoms with Crippen molar-refractivity contribution >= 4 is 5.78 Å². The zero-order valence-electron chi connectivity index (χ0n) is 10.2. The minimum atomic E-state index is -0.571. The Morgan fingerprint density at radius 3 is 2.62 bits per heavy atom. The molecule has 0 heterocycles. The summed E-state index contributed by atoms with van der Waals surface area (Å²) in [5.41, 5.74) is 1.13. The summed E-state index contributed by atoms with van der Waals surface area (Å²) in [6.07, 6.45) is 0.261. The number of hydrogen-bond donors (Lipinski definition) is 1. The maximum absolute atomic E-state index is 13.0. The standard InChI is InChI=1S/C13H18FNO/c1-9-5-6-11(14)7-10(9)8-12(16)13(2,3)15-4/h5-7,15H,8H2,1-4H3. The van der Waals surface area contributed by atoms with Gasteiger partial charge in [-0.15, -0.1) is 0 Å². The van der Waals surface area contributed by atoms with Gasteiger partial charge in [0, 0.05) is 6.42 Å². The molecule has 0 aliphatic carbocycles. The van der Waals surface area contributed by atoms with Crippen molar-refractivity contribution in [3.8, 4) is 0 Å². The van der Waals surface area contributed by atoms with E-state index in [4.69, 9.17) is 0 Å². The van der Waals surface area contributed by atoms with E-state index in [1.54, 1.807) is 13.1 Å². The Bertz CT molecular complexity index is 399. The Labute approximate surface area is 95.9 Å². The molecule has 88 valence electrons. The van der Waals surface area contributed by atoms with Crippen LogP contribution in [-0.2, 0) is 11.2 Å². The first-order valence-electron chi connectivity index (χ1n) is 5.34. The van der Waals surface area contributed by atoms with Gasteiger partial charge in [0.25, 0.3) is 0 Å². The van der Waals surface area contributed by atoms with Crippen LogP contribution in [0.5, 0.6) is 0 Å². The monoisotopic (exact) mass is 223 g/mol. The summed E-state index contributed by atoms with van der Waals surface area (Å²) in [5, 5.41) is 2.95. The second-order valence-corrected chi connectivity index (χ2v) is 4.55. The van der Waals surface area contributed by atoms with Crippen molar-refractivity contribution in [3.05, 3.63) is 35.1 Å². The molecule has 1 N–H and O–H groups in total. The van der Waals surface area contributed by atoms with Gasteiger partial charge in [-0.3, -0.25) is 4.79 Å². The van der Waals surface area contributed by atoms with Crippen molar-refractivity contribution in [2.45, 2.75) is 32.7 Å². The number of nitrogens with one attached hydrogen (secondary N) is 1. The maximum atomic E-state index is 13.0. The highest BCUT2D eigenvalue weighted by atomic mass is 19.1. The van der Waals surface area contributed by atoms with Crippen LogP contribution in [0, 0.1) is 12.7 Å². The molecule has 0 saturated carbocycles. The lowest BCUT2D eigenvalue weighted by molar-refractivity contribution is -0.123. The van der Waals surface area contributed by atoms with Crippen molar-refractivity contribution in [3.63, 3.8) is 0 Å². The number of carbonyl (C=O) groups is 1. The Morgan fingerprint density at radius 2 is 2.06 bits per heavy atom. The smallest absolute Gasteiger partial charge is 0.156 e. The van der Waals surface area contributed by atoms with Gasteiger partial charge in [0.2, 0.25) is 0 Å². The zero-order chi connectivity index (χ0) is 12.3. The Morgan fingerprint density at radius 1 is 1.44 bits per heavy atom. The molecule has 0 unspecified atom stereocenters. The third kappa shape index (κ3) is 2.89. The fourth-order valence-electron chi connectivity index (χ4n) is 1.36. The summed E-state index contributed by atoms with van der Waals surface area (Å²) in [6.45, 7) is 5.53. The summed E-state index contributed by atoms with van der Waals surface area (Å²) in [7, 11) is 1.75. The van der Waals surface area contributed by atoms with E-state index in [1.807, 2.05) is 20.8 Å². The maximum Gasteiger partial charge on any atom is 0.156 e. The molecule has 1 rings (SSSR count). The largest absolute Gasteiger partial charge is 0.308 e. The van der Waals surface area contributed by atoms with E-state index in [1.165, 1.54) is 12.1 Å². The predicted molar refractivity (Wildman–Crippen MR) is 63.0 cm³/mol. The van der Waals surface area contributed by atoms with Crippen molar-refractivity contribution in [2.75, 3.05) is 7.05 Å². The highest BCUT2D eigenvalue weighted by Gasteiger charge is 2.25. The van der Waals surface area contributed by atoms with E-state index in [0.717, 1.165) is 11.1 Å². The molecular weight excluding hydrogens is 205 g/mol. The molecule has 0 bridgehead atoms. The SMILES string of the molecule is CNC(C)(C)C(=O)Cc1cc(F)ccc1C. The van der Waals surface area contributed by atoms with E-state index in [0.29, 0.717) is 0 Å². The quantitative estimate of drug-likeness (QED) is 0.848. The van der Waals surface area contributed by atoms with Gasteiger partial charge < -0.3 is 5.32 Å². The van der Waals surface area contributed by atoms with Crippen LogP contribution < -0.4 is 5.32 Å². The second kappa shape index (κ2) is 4.74. The van der Waals surface area contributed by atoms with Gasteiger partial charge in [-0.1, -0.05) is 6.07 Å². The van der Waals surface area contributed by atoms with Gasteiger partial charge in [-0.05, 0) is 51.1 Å². The molecule has 0 amide bonds. The van der Waals surface area contributed by atoms with Crippen LogP contribution >= 0.6 is 0 Å². The fraction of sp³-hybridized carbons (Fsp3) is 0.462. The molecule has 1 aromatic rings. The predicted octanol–water partition coefficient (Wildman–Crippen LogP) is 2.24. The Kier molecular flexibility index (Phi) is 3.81. The van der Waals surface area contributed by atoms with Crippen LogP contribution in [0.3, 0.4) is 0 Å². The minimum Gasteiger partial charge on any atom is -0.308 e. The van der Waals surface area contributed by atoms with E-state index < -0.39 is 5.54 Å². The first-order valence-corrected chi connectivity index (χ1v) is 5.34. The number of ketones is 1. The molecule has 0 aromatic heterocycles. The molecule has 3 heteroatoms. The van der Waals surface area contributed by atoms with Crippen molar-refractivity contribution in [1.29, 1.82) is 0 Å². The van der Waals surface area contributed by atoms with Crippen LogP contribution in [-0.4, -0.2) is 18.4 Å². The summed E-state index contributed by atoms with van der Waals surface area (Å²) < 4.78 is 13.0. The summed E-state index contributed by atoms with van der Waals surface area (Å²) in [6, 6.07) is 4.54. The molecule has 1 aromatic carbocycles. The van der Waals surface area contributed by atoms with Crippen molar-refractivity contribution < 1.29 is 9.18 Å². The number of benzene rings is 1. The number of carbonyl (C=O) groups excluding carboxylic acids is 1. The van der Waals surface area contributed by atoms with E-state index >= 15 is 0 Å². The van der Waals surface area contributed by atoms with Gasteiger partial charge in [-0.2, -0.15) is 0 Å². The third-order valence-corrected chi connectivity index (χ3v) is 2.98. The number of aryl methyl sites for hydroxylation is 1. The second-order valence-electron chi connectivity index (χ2n) is 4.55. The van der Waals surface area contributed by atoms with Gasteiger partial charge in [0.05, 0.1) is 5.54 Å². The molecule has 2 nitrogen and oxygen atoms in total. The summed E-state index contributed by atoms with van der Waals surface area (Å²) >= 11 is 0. The number of likely N-dealkylation sites (N-methyl/N-ethyl adjacent to an activating group) is 1. The Hall–Kier alpha value is -1.22. The summed E-state index contributed by atoms with van der Waals surface area (Å²) in [5.74, 6) is -0.237. The molecule has 0 radical (unpaired) electrons. The van der Waals surface area contributed by atoms with Crippen molar-refractivity contribution in [2.24, 2.45) is 0 Å². The molecule has 0 aliphatic rings. The first-order chi connectivity index (χ1) is 7.36. The van der Waals surface area contributed by atoms with Gasteiger partial charge in [-0.25, -0.2) is 4.39 Å². The lowest BCUT2D eigenvalue weighted by Crippen LogP contribution is -2.45. The molecular formula is C13H18FNO. The third-order valence-electron chi connectivity index (χ3n) is 2.98. The topological polar surface area (TPSA) is 29.1 Å². The average Bonchev–Trinajstić information content (AvgIpc) is 2.23. The molecule has 0 aliphatic heterocycles. The van der Waals surface area contributed by atoms with Crippen LogP contribution in [0.15, 0.2) is 18.2 Å². The number of hydrogen-bond acceptors (Lipinski definition) is 2. The Balaban J connectivity index is 2.89. The lowest BCUT2D eigenvalue weighted by atomic mass is 9.92. The van der Waals surface area contributed by atoms with E-state index in [2.05, 4.69) is 5.32 Å². The number of rotatable bonds is 4. The molecule has 16 heavy (non-hydrogen) atoms. The highest BCUT2D eigenvalue weighted by Crippen LogP contribution is 2.14. The zero-order valence-corrected chi connectivity index (χ0v) is 10.2. The first kappa shape index (κ1) is 12.8. The number of Topliss-reactive ketones (excluding diaryl/α,β-unsaturated/α-hetero) is 1. The van der Waals surface area contributed by atoms with Crippen LogP contribution in [0.4, 0.5) is 4.39 Å². The molecule has 0 spiro atoms. The highest BCUT2D eigenvalue weighted by molar-refractivity contribution is 5.89. The number of halogens is 1.